The van der Waals surface area contributed by atoms with Crippen LogP contribution in [0.1, 0.15) is 34.1 Å². The molecule has 0 aliphatic carbocycles. The van der Waals surface area contributed by atoms with Gasteiger partial charge in [-0.05, 0) is 0 Å². The first-order valence-corrected chi connectivity index (χ1v) is 32.3. The smallest absolute Gasteiger partial charge is 0.231 e. The fourth-order valence-electron chi connectivity index (χ4n) is 5.66. The van der Waals surface area contributed by atoms with E-state index in [-0.39, 0.29) is 0 Å². The van der Waals surface area contributed by atoms with Gasteiger partial charge in [0.1, 0.15) is 21.9 Å². The van der Waals surface area contributed by atoms with Crippen LogP contribution in [-0.4, -0.2) is 86.6 Å². The highest BCUT2D eigenvalue weighted by Gasteiger charge is 2.63. The minimum Gasteiger partial charge on any atom is -0.747 e. The highest BCUT2D eigenvalue weighted by atomic mass is 32.3. The highest BCUT2D eigenvalue weighted by Crippen LogP contribution is 2.69. The van der Waals surface area contributed by atoms with E-state index in [1.807, 2.05) is 188 Å². The minimum absolute atomic E-state index is 0.314. The Kier molecular flexibility index (Phi) is 16.4. The van der Waals surface area contributed by atoms with Gasteiger partial charge >= 0.3 is 0 Å². The SMILES string of the molecule is C1CSC2=C(S1)SC(=C1SC3=C(SCCS3)S1)S2.C1CSC2=C(S1)SC(=C1SC3=C(SCCS3)S1)S2.CC1(C)C[C@H](C(=O)NCS(=O)(=O)[O-])C(C)(C)[N+]1=O. The van der Waals surface area contributed by atoms with Crippen molar-refractivity contribution < 1.29 is 22.5 Å². The van der Waals surface area contributed by atoms with E-state index < -0.39 is 38.9 Å². The van der Waals surface area contributed by atoms with Gasteiger partial charge in [-0.15, -0.1) is 94.1 Å². The Hall–Kier alpha value is 3.02. The Morgan fingerprint density at radius 3 is 1.04 bits per heavy atom. The van der Waals surface area contributed by atoms with Crippen molar-refractivity contribution in [2.24, 2.45) is 5.92 Å². The number of hydrogen-bond donors (Lipinski definition) is 1. The lowest BCUT2D eigenvalue weighted by molar-refractivity contribution is -0.660. The summed E-state index contributed by atoms with van der Waals surface area (Å²) in [4.78, 5) is 23.9. The molecule has 7 nitrogen and oxygen atoms in total. The van der Waals surface area contributed by atoms with Crippen molar-refractivity contribution in [2.45, 2.75) is 45.2 Å². The standard InChI is InChI=1S/C10H18N2O5S.2C10H8S8/c1-9(2)5-7(10(3,4)12(9)14)8(13)11-6-18(15,16)17;2*1-2-12-6-5(11-1)15-9(16-6)10-17-7-8(18-10)14-4-3-13-7/h7H,5-6H2,1-4H3,(H-,11,13,15,16,17);2*1-4H2/t7-;;/m1../s1. The monoisotopic (exact) mass is 1050 g/mol. The number of thioether (sulfide) groups is 16. The molecular weight excluding hydrogens is 1010 g/mol. The summed E-state index contributed by atoms with van der Waals surface area (Å²) >= 11 is 32.5. The van der Waals surface area contributed by atoms with Crippen LogP contribution >= 0.6 is 188 Å². The van der Waals surface area contributed by atoms with Crippen molar-refractivity contribution in [1.29, 1.82) is 0 Å². The fourth-order valence-corrected chi connectivity index (χ4v) is 30.4. The molecule has 0 saturated carbocycles. The number of nitroso groups, excluding NO2 is 1. The largest absolute Gasteiger partial charge is 0.747 e. The molecular formula is C30H34N2O5S17. The maximum absolute atomic E-state index is 12.0. The summed E-state index contributed by atoms with van der Waals surface area (Å²) in [5, 5.41) is 2.07. The van der Waals surface area contributed by atoms with Crippen LogP contribution in [0, 0.1) is 10.8 Å². The molecule has 9 rings (SSSR count). The third kappa shape index (κ3) is 11.1. The lowest BCUT2D eigenvalue weighted by atomic mass is 9.86. The molecule has 0 aromatic carbocycles. The molecule has 0 radical (unpaired) electrons. The van der Waals surface area contributed by atoms with Crippen LogP contribution in [0.3, 0.4) is 0 Å². The third-order valence-electron chi connectivity index (χ3n) is 8.05. The van der Waals surface area contributed by atoms with E-state index in [1.165, 1.54) is 63.0 Å². The van der Waals surface area contributed by atoms with Crippen LogP contribution < -0.4 is 5.32 Å². The average Bonchev–Trinajstić information content (AvgIpc) is 3.97. The molecule has 1 N–H and O–H groups in total. The van der Waals surface area contributed by atoms with Gasteiger partial charge in [0.2, 0.25) is 17.0 Å². The van der Waals surface area contributed by atoms with E-state index in [0.29, 0.717) is 6.42 Å². The zero-order chi connectivity index (χ0) is 38.3. The summed E-state index contributed by atoms with van der Waals surface area (Å²) < 4.78 is 50.9. The molecule has 1 saturated heterocycles. The summed E-state index contributed by atoms with van der Waals surface area (Å²) in [6.45, 7) is 6.70. The highest BCUT2D eigenvalue weighted by molar-refractivity contribution is 8.47. The van der Waals surface area contributed by atoms with Crippen molar-refractivity contribution in [3.8, 4) is 0 Å². The molecule has 0 spiro atoms. The Labute approximate surface area is 385 Å². The van der Waals surface area contributed by atoms with Gasteiger partial charge in [0.25, 0.3) is 0 Å². The number of nitrogens with zero attached hydrogens (tertiary/aromatic N) is 1. The first-order chi connectivity index (χ1) is 25.7. The van der Waals surface area contributed by atoms with E-state index in [4.69, 9.17) is 0 Å². The Morgan fingerprint density at radius 1 is 0.574 bits per heavy atom. The molecule has 9 aliphatic heterocycles. The van der Waals surface area contributed by atoms with Crippen LogP contribution in [0.25, 0.3) is 0 Å². The topological polar surface area (TPSA) is 106 Å². The van der Waals surface area contributed by atoms with E-state index in [9.17, 15) is 22.7 Å². The lowest BCUT2D eigenvalue weighted by Gasteiger charge is -2.18. The number of amides is 1. The predicted molar refractivity (Wildman–Crippen MR) is 265 cm³/mol. The number of hydrogen-bond acceptors (Lipinski definition) is 21. The van der Waals surface area contributed by atoms with Gasteiger partial charge in [0.05, 0.1) is 50.8 Å². The molecule has 9 heterocycles. The predicted octanol–water partition coefficient (Wildman–Crippen LogP) is 12.5. The van der Waals surface area contributed by atoms with Crippen LogP contribution in [0.15, 0.2) is 50.8 Å². The third-order valence-corrected chi connectivity index (χ3v) is 32.7. The zero-order valence-electron chi connectivity index (χ0n) is 29.1. The summed E-state index contributed by atoms with van der Waals surface area (Å²) in [6, 6.07) is 0. The quantitative estimate of drug-likeness (QED) is 0.214. The van der Waals surface area contributed by atoms with Gasteiger partial charge in [0.15, 0.2) is 0 Å². The molecule has 0 aromatic rings. The van der Waals surface area contributed by atoms with E-state index in [0.717, 1.165) is 4.76 Å². The Morgan fingerprint density at radius 2 is 0.833 bits per heavy atom. The molecule has 1 fully saturated rings. The molecule has 0 aromatic heterocycles. The van der Waals surface area contributed by atoms with E-state index in [1.54, 1.807) is 61.6 Å². The van der Waals surface area contributed by atoms with Crippen LogP contribution in [0.2, 0.25) is 0 Å². The first kappa shape index (κ1) is 45.1. The summed E-state index contributed by atoms with van der Waals surface area (Å²) in [5.41, 5.74) is -1.62. The molecule has 1 amide bonds. The van der Waals surface area contributed by atoms with Crippen LogP contribution in [0.4, 0.5) is 0 Å². The van der Waals surface area contributed by atoms with Gasteiger partial charge in [0, 0.05) is 89.8 Å². The second kappa shape index (κ2) is 19.6. The van der Waals surface area contributed by atoms with Gasteiger partial charge < -0.3 is 9.87 Å². The van der Waals surface area contributed by atoms with Crippen LogP contribution in [0.5, 0.6) is 0 Å². The molecule has 296 valence electrons. The van der Waals surface area contributed by atoms with Gasteiger partial charge in [-0.25, -0.2) is 8.42 Å². The fraction of sp³-hybridized carbons (Fsp3) is 0.567. The molecule has 24 heteroatoms. The van der Waals surface area contributed by atoms with Crippen LogP contribution in [-0.2, 0) is 14.9 Å². The number of carbonyl (C=O) groups excluding carboxylic acids is 1. The number of carbonyl (C=O) groups is 1. The Balaban J connectivity index is 0.000000125. The van der Waals surface area contributed by atoms with Crippen molar-refractivity contribution in [3.05, 3.63) is 55.8 Å². The van der Waals surface area contributed by atoms with Crippen molar-refractivity contribution in [2.75, 3.05) is 51.9 Å². The van der Waals surface area contributed by atoms with Gasteiger partial charge in [-0.1, -0.05) is 94.1 Å². The first-order valence-electron chi connectivity index (χ1n) is 16.3. The maximum Gasteiger partial charge on any atom is 0.231 e. The van der Waals surface area contributed by atoms with Crippen molar-refractivity contribution in [3.63, 3.8) is 0 Å². The Bertz CT molecular complexity index is 1640. The second-order valence-electron chi connectivity index (χ2n) is 12.8. The summed E-state index contributed by atoms with van der Waals surface area (Å²) in [5.74, 6) is 8.05. The number of nitrogens with one attached hydrogen (secondary N) is 1. The van der Waals surface area contributed by atoms with Gasteiger partial charge in [-0.2, -0.15) is 0 Å². The maximum atomic E-state index is 12.0. The molecule has 0 unspecified atom stereocenters. The molecule has 9 aliphatic rings. The average molecular weight is 1050 g/mol. The summed E-state index contributed by atoms with van der Waals surface area (Å²) in [6.07, 6.45) is 0.314. The lowest BCUT2D eigenvalue weighted by Crippen LogP contribution is -2.45. The van der Waals surface area contributed by atoms with Gasteiger partial charge in [-0.3, -0.25) is 4.79 Å². The normalized spacial score (nSPS) is 27.4. The molecule has 1 atom stereocenters. The molecule has 0 bridgehead atoms. The second-order valence-corrected chi connectivity index (χ2v) is 34.3. The van der Waals surface area contributed by atoms with Crippen molar-refractivity contribution >= 4 is 204 Å². The van der Waals surface area contributed by atoms with Crippen molar-refractivity contribution in [1.82, 2.24) is 5.32 Å². The summed E-state index contributed by atoms with van der Waals surface area (Å²) in [7, 11) is -4.50. The number of rotatable bonds is 3. The molecule has 54 heavy (non-hydrogen) atoms. The van der Waals surface area contributed by atoms with E-state index >= 15 is 0 Å². The zero-order valence-corrected chi connectivity index (χ0v) is 43.0. The minimum atomic E-state index is -4.50. The van der Waals surface area contributed by atoms with E-state index in [2.05, 4.69) is 5.32 Å².